The first-order valence-electron chi connectivity index (χ1n) is 4.64. The molecule has 0 unspecified atom stereocenters. The number of alkyl halides is 3. The lowest BCUT2D eigenvalue weighted by Crippen LogP contribution is -2.50. The first-order chi connectivity index (χ1) is 6.49. The third-order valence-corrected chi connectivity index (χ3v) is 2.28. The Labute approximate surface area is 81.2 Å². The van der Waals surface area contributed by atoms with Gasteiger partial charge in [-0.05, 0) is 6.92 Å². The summed E-state index contributed by atoms with van der Waals surface area (Å²) in [5.41, 5.74) is 0. The smallest absolute Gasteiger partial charge is 0.314 e. The summed E-state index contributed by atoms with van der Waals surface area (Å²) in [5.74, 6) is 0. The molecule has 1 heterocycles. The molecule has 1 N–H and O–H groups in total. The summed E-state index contributed by atoms with van der Waals surface area (Å²) in [4.78, 5) is 1.99. The van der Waals surface area contributed by atoms with Gasteiger partial charge in [0.25, 0.3) is 0 Å². The van der Waals surface area contributed by atoms with Crippen LogP contribution in [0, 0.1) is 0 Å². The van der Waals surface area contributed by atoms with E-state index in [9.17, 15) is 13.2 Å². The second kappa shape index (κ2) is 4.95. The van der Waals surface area contributed by atoms with Gasteiger partial charge in [0.2, 0.25) is 0 Å². The van der Waals surface area contributed by atoms with Gasteiger partial charge in [0.15, 0.2) is 0 Å². The Morgan fingerprint density at radius 3 is 2.79 bits per heavy atom. The Bertz CT molecular complexity index is 174. The Kier molecular flexibility index (Phi) is 4.15. The van der Waals surface area contributed by atoms with E-state index in [0.717, 1.165) is 19.6 Å². The van der Waals surface area contributed by atoms with Crippen molar-refractivity contribution in [2.24, 2.45) is 0 Å². The van der Waals surface area contributed by atoms with Crippen molar-refractivity contribution in [3.63, 3.8) is 0 Å². The lowest BCUT2D eigenvalue weighted by Gasteiger charge is -2.33. The number of hydrogen-bond donors (Lipinski definition) is 1. The van der Waals surface area contributed by atoms with Crippen molar-refractivity contribution in [2.75, 3.05) is 32.8 Å². The normalized spacial score (nSPS) is 25.3. The van der Waals surface area contributed by atoms with Gasteiger partial charge in [-0.1, -0.05) is 0 Å². The van der Waals surface area contributed by atoms with Gasteiger partial charge in [-0.3, -0.25) is 9.64 Å². The molecule has 0 spiro atoms. The minimum Gasteiger partial charge on any atom is -0.314 e. The van der Waals surface area contributed by atoms with Gasteiger partial charge in [0, 0.05) is 32.2 Å². The molecule has 0 bridgehead atoms. The zero-order valence-electron chi connectivity index (χ0n) is 8.10. The Balaban J connectivity index is 2.17. The number of piperazine rings is 1. The summed E-state index contributed by atoms with van der Waals surface area (Å²) >= 11 is 0. The molecule has 0 aromatic carbocycles. The second-order valence-electron chi connectivity index (χ2n) is 3.38. The van der Waals surface area contributed by atoms with Crippen molar-refractivity contribution in [1.29, 1.82) is 0 Å². The Hall–Kier alpha value is -0.330. The predicted octanol–water partition coefficient (Wildman–Crippen LogP) is 0.817. The van der Waals surface area contributed by atoms with E-state index in [-0.39, 0.29) is 12.6 Å². The van der Waals surface area contributed by atoms with E-state index in [1.165, 1.54) is 0 Å². The van der Waals surface area contributed by atoms with Crippen LogP contribution in [0.15, 0.2) is 0 Å². The summed E-state index contributed by atoms with van der Waals surface area (Å²) in [6.45, 7) is 4.47. The van der Waals surface area contributed by atoms with Crippen LogP contribution in [-0.2, 0) is 4.74 Å². The summed E-state index contributed by atoms with van der Waals surface area (Å²) in [6.07, 6.45) is -4.50. The van der Waals surface area contributed by atoms with E-state index in [4.69, 9.17) is 0 Å². The van der Waals surface area contributed by atoms with Gasteiger partial charge in [0.1, 0.15) is 0 Å². The largest absolute Gasteiger partial charge is 0.522 e. The van der Waals surface area contributed by atoms with Crippen LogP contribution in [0.4, 0.5) is 13.2 Å². The first-order valence-corrected chi connectivity index (χ1v) is 4.64. The molecule has 0 aromatic heterocycles. The van der Waals surface area contributed by atoms with Crippen LogP contribution in [0.5, 0.6) is 0 Å². The van der Waals surface area contributed by atoms with Crippen LogP contribution < -0.4 is 5.32 Å². The van der Waals surface area contributed by atoms with E-state index in [1.807, 2.05) is 11.8 Å². The SMILES string of the molecule is C[C@@H]1CNCCN1CCOC(F)(F)F. The molecule has 1 aliphatic heterocycles. The minimum absolute atomic E-state index is 0.278. The summed E-state index contributed by atoms with van der Waals surface area (Å²) in [5, 5.41) is 3.17. The molecule has 0 aliphatic carbocycles. The summed E-state index contributed by atoms with van der Waals surface area (Å²) in [7, 11) is 0. The fourth-order valence-corrected chi connectivity index (χ4v) is 1.49. The van der Waals surface area contributed by atoms with Crippen LogP contribution in [0.25, 0.3) is 0 Å². The lowest BCUT2D eigenvalue weighted by molar-refractivity contribution is -0.325. The van der Waals surface area contributed by atoms with Gasteiger partial charge in [0.05, 0.1) is 6.61 Å². The van der Waals surface area contributed by atoms with Gasteiger partial charge in [-0.2, -0.15) is 0 Å². The van der Waals surface area contributed by atoms with Crippen molar-refractivity contribution < 1.29 is 17.9 Å². The lowest BCUT2D eigenvalue weighted by atomic mass is 10.2. The molecule has 14 heavy (non-hydrogen) atoms. The number of nitrogens with zero attached hydrogens (tertiary/aromatic N) is 1. The van der Waals surface area contributed by atoms with E-state index in [2.05, 4.69) is 10.1 Å². The molecule has 0 saturated carbocycles. The predicted molar refractivity (Wildman–Crippen MR) is 45.9 cm³/mol. The van der Waals surface area contributed by atoms with Crippen LogP contribution in [-0.4, -0.2) is 50.1 Å². The molecule has 1 rings (SSSR count). The highest BCUT2D eigenvalue weighted by Gasteiger charge is 2.29. The molecule has 1 aliphatic rings. The van der Waals surface area contributed by atoms with Gasteiger partial charge in [-0.15, -0.1) is 13.2 Å². The number of rotatable bonds is 3. The summed E-state index contributed by atoms with van der Waals surface area (Å²) < 4.78 is 38.7. The maximum atomic E-state index is 11.7. The van der Waals surface area contributed by atoms with Crippen LogP contribution in [0.3, 0.4) is 0 Å². The highest BCUT2D eigenvalue weighted by molar-refractivity contribution is 4.75. The molecular weight excluding hydrogens is 197 g/mol. The van der Waals surface area contributed by atoms with Crippen molar-refractivity contribution in [3.05, 3.63) is 0 Å². The molecule has 1 fully saturated rings. The number of halogens is 3. The topological polar surface area (TPSA) is 24.5 Å². The number of hydrogen-bond acceptors (Lipinski definition) is 3. The number of nitrogens with one attached hydrogen (secondary N) is 1. The molecular formula is C8H15F3N2O. The molecule has 0 aromatic rings. The van der Waals surface area contributed by atoms with Crippen LogP contribution >= 0.6 is 0 Å². The molecule has 3 nitrogen and oxygen atoms in total. The van der Waals surface area contributed by atoms with Crippen LogP contribution in [0.2, 0.25) is 0 Å². The quantitative estimate of drug-likeness (QED) is 0.749. The highest BCUT2D eigenvalue weighted by Crippen LogP contribution is 2.16. The van der Waals surface area contributed by atoms with E-state index < -0.39 is 6.36 Å². The molecule has 1 saturated heterocycles. The van der Waals surface area contributed by atoms with Crippen molar-refractivity contribution in [1.82, 2.24) is 10.2 Å². The fraction of sp³-hybridized carbons (Fsp3) is 1.00. The first kappa shape index (κ1) is 11.7. The van der Waals surface area contributed by atoms with Crippen LogP contribution in [0.1, 0.15) is 6.92 Å². The average molecular weight is 212 g/mol. The highest BCUT2D eigenvalue weighted by atomic mass is 19.4. The summed E-state index contributed by atoms with van der Waals surface area (Å²) in [6, 6.07) is 0.278. The van der Waals surface area contributed by atoms with Crippen molar-refractivity contribution in [2.45, 2.75) is 19.3 Å². The number of ether oxygens (including phenoxy) is 1. The molecule has 0 amide bonds. The third kappa shape index (κ3) is 4.26. The van der Waals surface area contributed by atoms with Gasteiger partial charge < -0.3 is 5.32 Å². The fourth-order valence-electron chi connectivity index (χ4n) is 1.49. The standard InChI is InChI=1S/C8H15F3N2O/c1-7-6-12-2-3-13(7)4-5-14-8(9,10)11/h7,12H,2-6H2,1H3/t7-/m1/s1. The van der Waals surface area contributed by atoms with Gasteiger partial charge >= 0.3 is 6.36 Å². The van der Waals surface area contributed by atoms with E-state index in [0.29, 0.717) is 6.54 Å². The van der Waals surface area contributed by atoms with E-state index >= 15 is 0 Å². The maximum Gasteiger partial charge on any atom is 0.522 e. The Morgan fingerprint density at radius 2 is 2.21 bits per heavy atom. The van der Waals surface area contributed by atoms with E-state index in [1.54, 1.807) is 0 Å². The monoisotopic (exact) mass is 212 g/mol. The Morgan fingerprint density at radius 1 is 1.50 bits per heavy atom. The van der Waals surface area contributed by atoms with Crippen molar-refractivity contribution >= 4 is 0 Å². The zero-order chi connectivity index (χ0) is 10.6. The maximum absolute atomic E-state index is 11.7. The average Bonchev–Trinajstić information content (AvgIpc) is 2.06. The second-order valence-corrected chi connectivity index (χ2v) is 3.38. The third-order valence-electron chi connectivity index (χ3n) is 2.28. The van der Waals surface area contributed by atoms with Gasteiger partial charge in [-0.25, -0.2) is 0 Å². The minimum atomic E-state index is -4.50. The molecule has 1 atom stereocenters. The molecule has 0 radical (unpaired) electrons. The molecule has 84 valence electrons. The van der Waals surface area contributed by atoms with Crippen molar-refractivity contribution in [3.8, 4) is 0 Å². The molecule has 6 heteroatoms. The zero-order valence-corrected chi connectivity index (χ0v) is 8.10.